The number of sulfonamides is 1. The maximum Gasteiger partial charge on any atom is 0.271 e. The number of ether oxygens (including phenoxy) is 1. The number of non-ortho nitro benzene ring substituents is 1. The minimum atomic E-state index is -3.92. The molecule has 1 fully saturated rings. The molecule has 128 valence electrons. The standard InChI is InChI=1S/C14H21N3O5S/c1-10-5-6-16(12(7-10)9-15)23(20,21)14-8-11(17(18)19)3-4-13(14)22-2/h3-4,8,10,12H,5-7,9,15H2,1-2H3. The van der Waals surface area contributed by atoms with Crippen molar-refractivity contribution in [3.8, 4) is 5.75 Å². The third kappa shape index (κ3) is 3.46. The van der Waals surface area contributed by atoms with Crippen LogP contribution in [-0.2, 0) is 10.0 Å². The van der Waals surface area contributed by atoms with Gasteiger partial charge in [-0.25, -0.2) is 8.42 Å². The van der Waals surface area contributed by atoms with Gasteiger partial charge >= 0.3 is 0 Å². The van der Waals surface area contributed by atoms with E-state index in [1.807, 2.05) is 0 Å². The second-order valence-electron chi connectivity index (χ2n) is 5.73. The van der Waals surface area contributed by atoms with Gasteiger partial charge in [0, 0.05) is 31.3 Å². The van der Waals surface area contributed by atoms with Gasteiger partial charge in [0.1, 0.15) is 10.6 Å². The highest BCUT2D eigenvalue weighted by atomic mass is 32.2. The van der Waals surface area contributed by atoms with Crippen LogP contribution in [0.4, 0.5) is 5.69 Å². The number of nitro benzene ring substituents is 1. The third-order valence-electron chi connectivity index (χ3n) is 4.14. The molecular weight excluding hydrogens is 322 g/mol. The van der Waals surface area contributed by atoms with Crippen LogP contribution in [0.5, 0.6) is 5.75 Å². The number of nitrogens with zero attached hydrogens (tertiary/aromatic N) is 2. The molecule has 0 saturated carbocycles. The number of benzene rings is 1. The lowest BCUT2D eigenvalue weighted by Crippen LogP contribution is -2.49. The lowest BCUT2D eigenvalue weighted by molar-refractivity contribution is -0.385. The normalized spacial score (nSPS) is 22.7. The van der Waals surface area contributed by atoms with Crippen LogP contribution in [0.2, 0.25) is 0 Å². The SMILES string of the molecule is COc1ccc([N+](=O)[O-])cc1S(=O)(=O)N1CCC(C)CC1CN. The van der Waals surface area contributed by atoms with Gasteiger partial charge < -0.3 is 10.5 Å². The van der Waals surface area contributed by atoms with E-state index >= 15 is 0 Å². The summed E-state index contributed by atoms with van der Waals surface area (Å²) in [5.41, 5.74) is 5.44. The summed E-state index contributed by atoms with van der Waals surface area (Å²) < 4.78 is 32.4. The molecule has 1 heterocycles. The van der Waals surface area contributed by atoms with Gasteiger partial charge in [0.15, 0.2) is 0 Å². The fraction of sp³-hybridized carbons (Fsp3) is 0.571. The molecule has 1 aromatic carbocycles. The van der Waals surface area contributed by atoms with Crippen molar-refractivity contribution in [2.24, 2.45) is 11.7 Å². The molecule has 2 N–H and O–H groups in total. The fourth-order valence-electron chi connectivity index (χ4n) is 2.87. The summed E-state index contributed by atoms with van der Waals surface area (Å²) in [4.78, 5) is 10.1. The second-order valence-corrected chi connectivity index (χ2v) is 7.59. The van der Waals surface area contributed by atoms with Crippen LogP contribution < -0.4 is 10.5 Å². The van der Waals surface area contributed by atoms with E-state index in [0.29, 0.717) is 18.9 Å². The van der Waals surface area contributed by atoms with Crippen LogP contribution >= 0.6 is 0 Å². The van der Waals surface area contributed by atoms with E-state index in [1.54, 1.807) is 0 Å². The molecule has 1 saturated heterocycles. The van der Waals surface area contributed by atoms with E-state index in [0.717, 1.165) is 12.5 Å². The molecule has 1 aliphatic heterocycles. The number of piperidine rings is 1. The minimum Gasteiger partial charge on any atom is -0.495 e. The molecule has 0 aromatic heterocycles. The average molecular weight is 343 g/mol. The van der Waals surface area contributed by atoms with Crippen molar-refractivity contribution in [1.82, 2.24) is 4.31 Å². The van der Waals surface area contributed by atoms with Crippen LogP contribution in [0.1, 0.15) is 19.8 Å². The molecule has 0 aliphatic carbocycles. The zero-order valence-electron chi connectivity index (χ0n) is 13.1. The maximum absolute atomic E-state index is 13.0. The number of methoxy groups -OCH3 is 1. The van der Waals surface area contributed by atoms with Gasteiger partial charge in [-0.1, -0.05) is 6.92 Å². The Balaban J connectivity index is 2.50. The molecule has 9 heteroatoms. The second kappa shape index (κ2) is 6.81. The molecule has 2 unspecified atom stereocenters. The number of hydrogen-bond donors (Lipinski definition) is 1. The molecule has 0 bridgehead atoms. The molecule has 1 aromatic rings. The van der Waals surface area contributed by atoms with Crippen molar-refractivity contribution < 1.29 is 18.1 Å². The van der Waals surface area contributed by atoms with Gasteiger partial charge in [-0.05, 0) is 24.8 Å². The Morgan fingerprint density at radius 1 is 1.48 bits per heavy atom. The van der Waals surface area contributed by atoms with Gasteiger partial charge in [0.05, 0.1) is 12.0 Å². The highest BCUT2D eigenvalue weighted by Gasteiger charge is 2.37. The van der Waals surface area contributed by atoms with E-state index in [1.165, 1.54) is 23.5 Å². The third-order valence-corrected chi connectivity index (χ3v) is 6.11. The van der Waals surface area contributed by atoms with Gasteiger partial charge in [-0.15, -0.1) is 0 Å². The average Bonchev–Trinajstić information content (AvgIpc) is 2.53. The predicted molar refractivity (Wildman–Crippen MR) is 84.8 cm³/mol. The van der Waals surface area contributed by atoms with Crippen molar-refractivity contribution in [3.05, 3.63) is 28.3 Å². The quantitative estimate of drug-likeness (QED) is 0.637. The van der Waals surface area contributed by atoms with Crippen molar-refractivity contribution >= 4 is 15.7 Å². The summed E-state index contributed by atoms with van der Waals surface area (Å²) in [7, 11) is -2.59. The Hall–Kier alpha value is -1.71. The highest BCUT2D eigenvalue weighted by molar-refractivity contribution is 7.89. The maximum atomic E-state index is 13.0. The number of nitro groups is 1. The lowest BCUT2D eigenvalue weighted by atomic mass is 9.94. The zero-order chi connectivity index (χ0) is 17.2. The van der Waals surface area contributed by atoms with E-state index in [4.69, 9.17) is 10.5 Å². The number of nitrogens with two attached hydrogens (primary N) is 1. The van der Waals surface area contributed by atoms with Crippen molar-refractivity contribution in [2.45, 2.75) is 30.7 Å². The van der Waals surface area contributed by atoms with Gasteiger partial charge in [-0.3, -0.25) is 10.1 Å². The lowest BCUT2D eigenvalue weighted by Gasteiger charge is -2.37. The smallest absolute Gasteiger partial charge is 0.271 e. The van der Waals surface area contributed by atoms with Gasteiger partial charge in [0.2, 0.25) is 10.0 Å². The Kier molecular flexibility index (Phi) is 5.23. The molecule has 23 heavy (non-hydrogen) atoms. The summed E-state index contributed by atoms with van der Waals surface area (Å²) >= 11 is 0. The summed E-state index contributed by atoms with van der Waals surface area (Å²) in [6.07, 6.45) is 1.40. The Morgan fingerprint density at radius 3 is 2.74 bits per heavy atom. The first kappa shape index (κ1) is 17.6. The van der Waals surface area contributed by atoms with Gasteiger partial charge in [0.25, 0.3) is 5.69 Å². The van der Waals surface area contributed by atoms with E-state index in [9.17, 15) is 18.5 Å². The first-order chi connectivity index (χ1) is 10.8. The molecule has 1 aliphatic rings. The largest absolute Gasteiger partial charge is 0.495 e. The number of rotatable bonds is 5. The van der Waals surface area contributed by atoms with Crippen molar-refractivity contribution in [2.75, 3.05) is 20.2 Å². The molecule has 0 radical (unpaired) electrons. The Morgan fingerprint density at radius 2 is 2.17 bits per heavy atom. The van der Waals surface area contributed by atoms with Crippen molar-refractivity contribution in [3.63, 3.8) is 0 Å². The first-order valence-corrected chi connectivity index (χ1v) is 8.79. The molecule has 8 nitrogen and oxygen atoms in total. The number of hydrogen-bond acceptors (Lipinski definition) is 6. The van der Waals surface area contributed by atoms with E-state index < -0.39 is 14.9 Å². The van der Waals surface area contributed by atoms with E-state index in [-0.39, 0.29) is 28.9 Å². The first-order valence-electron chi connectivity index (χ1n) is 7.35. The van der Waals surface area contributed by atoms with Crippen LogP contribution in [0.3, 0.4) is 0 Å². The van der Waals surface area contributed by atoms with E-state index in [2.05, 4.69) is 6.92 Å². The monoisotopic (exact) mass is 343 g/mol. The summed E-state index contributed by atoms with van der Waals surface area (Å²) in [5, 5.41) is 11.0. The Labute approximate surface area is 135 Å². The van der Waals surface area contributed by atoms with Crippen LogP contribution in [-0.4, -0.2) is 43.9 Å². The van der Waals surface area contributed by atoms with Gasteiger partial charge in [-0.2, -0.15) is 4.31 Å². The topological polar surface area (TPSA) is 116 Å². The summed E-state index contributed by atoms with van der Waals surface area (Å²) in [6, 6.07) is 3.25. The van der Waals surface area contributed by atoms with Crippen molar-refractivity contribution in [1.29, 1.82) is 0 Å². The Bertz CT molecular complexity index is 692. The van der Waals surface area contributed by atoms with Crippen LogP contribution in [0.15, 0.2) is 23.1 Å². The van der Waals surface area contributed by atoms with Crippen LogP contribution in [0, 0.1) is 16.0 Å². The molecule has 0 amide bonds. The van der Waals surface area contributed by atoms with Crippen LogP contribution in [0.25, 0.3) is 0 Å². The molecular formula is C14H21N3O5S. The molecule has 0 spiro atoms. The highest BCUT2D eigenvalue weighted by Crippen LogP contribution is 2.34. The predicted octanol–water partition coefficient (Wildman–Crippen LogP) is 1.35. The summed E-state index contributed by atoms with van der Waals surface area (Å²) in [5.74, 6) is 0.479. The molecule has 2 rings (SSSR count). The fourth-order valence-corrected chi connectivity index (χ4v) is 4.71. The minimum absolute atomic E-state index is 0.0880. The molecule has 2 atom stereocenters. The zero-order valence-corrected chi connectivity index (χ0v) is 14.0. The summed E-state index contributed by atoms with van der Waals surface area (Å²) in [6.45, 7) is 2.61.